The minimum atomic E-state index is -0.391. The van der Waals surface area contributed by atoms with E-state index in [0.717, 1.165) is 19.0 Å². The first-order valence-electron chi connectivity index (χ1n) is 8.87. The van der Waals surface area contributed by atoms with Crippen LogP contribution in [0, 0.1) is 17.8 Å². The number of ether oxygens (including phenoxy) is 1. The molecule has 1 aliphatic carbocycles. The van der Waals surface area contributed by atoms with Crippen LogP contribution in [0.4, 0.5) is 4.79 Å². The number of carbonyl (C=O) groups is 1. The van der Waals surface area contributed by atoms with Gasteiger partial charge in [0.1, 0.15) is 5.60 Å². The van der Waals surface area contributed by atoms with Crippen molar-refractivity contribution in [3.63, 3.8) is 0 Å². The molecule has 0 spiro atoms. The molecule has 5 atom stereocenters. The van der Waals surface area contributed by atoms with Crippen LogP contribution in [0.15, 0.2) is 0 Å². The highest BCUT2D eigenvalue weighted by atomic mass is 16.6. The van der Waals surface area contributed by atoms with Gasteiger partial charge in [-0.1, -0.05) is 0 Å². The summed E-state index contributed by atoms with van der Waals surface area (Å²) in [7, 11) is 0. The standard InChI is InChI=1S/C17H29N3O2/c1-17(2,3)22-16(21)20-9-12-13(10-20)15(12)18-14-5-7-19-6-4-11(14)8-19/h11-15,18H,4-10H2,1-3H3. The van der Waals surface area contributed by atoms with Crippen molar-refractivity contribution in [3.8, 4) is 0 Å². The number of fused-ring (bicyclic) bond motifs is 3. The molecule has 1 N–H and O–H groups in total. The summed E-state index contributed by atoms with van der Waals surface area (Å²) in [4.78, 5) is 16.6. The third kappa shape index (κ3) is 2.73. The monoisotopic (exact) mass is 307 g/mol. The highest BCUT2D eigenvalue weighted by molar-refractivity contribution is 5.69. The number of carbonyl (C=O) groups excluding carboxylic acids is 1. The van der Waals surface area contributed by atoms with Crippen molar-refractivity contribution in [1.29, 1.82) is 0 Å². The molecule has 0 aromatic heterocycles. The Kier molecular flexibility index (Phi) is 3.42. The minimum Gasteiger partial charge on any atom is -0.444 e. The van der Waals surface area contributed by atoms with E-state index in [4.69, 9.17) is 4.74 Å². The van der Waals surface area contributed by atoms with Crippen LogP contribution in [0.2, 0.25) is 0 Å². The molecule has 0 aromatic rings. The van der Waals surface area contributed by atoms with E-state index in [-0.39, 0.29) is 6.09 Å². The fourth-order valence-corrected chi connectivity index (χ4v) is 4.67. The maximum absolute atomic E-state index is 12.1. The maximum atomic E-state index is 12.1. The van der Waals surface area contributed by atoms with Gasteiger partial charge < -0.3 is 19.9 Å². The Bertz CT molecular complexity index is 449. The summed E-state index contributed by atoms with van der Waals surface area (Å²) in [6.45, 7) is 11.4. The second kappa shape index (κ2) is 5.10. The molecule has 1 amide bonds. The van der Waals surface area contributed by atoms with Crippen molar-refractivity contribution in [2.75, 3.05) is 32.7 Å². The topological polar surface area (TPSA) is 44.8 Å². The second-order valence-corrected chi connectivity index (χ2v) is 8.65. The zero-order chi connectivity index (χ0) is 15.5. The summed E-state index contributed by atoms with van der Waals surface area (Å²) in [5.41, 5.74) is -0.391. The molecular formula is C17H29N3O2. The molecule has 22 heavy (non-hydrogen) atoms. The lowest BCUT2D eigenvalue weighted by Crippen LogP contribution is -2.47. The largest absolute Gasteiger partial charge is 0.444 e. The fourth-order valence-electron chi connectivity index (χ4n) is 4.67. The number of likely N-dealkylation sites (tertiary alicyclic amines) is 1. The van der Waals surface area contributed by atoms with Crippen molar-refractivity contribution in [2.24, 2.45) is 17.8 Å². The highest BCUT2D eigenvalue weighted by Crippen LogP contribution is 2.46. The Balaban J connectivity index is 1.26. The van der Waals surface area contributed by atoms with E-state index in [1.54, 1.807) is 0 Å². The lowest BCUT2D eigenvalue weighted by molar-refractivity contribution is 0.0267. The predicted octanol–water partition coefficient (Wildman–Crippen LogP) is 1.54. The number of nitrogens with zero attached hydrogens (tertiary/aromatic N) is 2. The molecule has 0 aromatic carbocycles. The summed E-state index contributed by atoms with van der Waals surface area (Å²) in [6, 6.07) is 1.36. The Labute approximate surface area is 133 Å². The SMILES string of the molecule is CC(C)(C)OC(=O)N1CC2C(C1)C2NC1CCN2CCC1C2. The van der Waals surface area contributed by atoms with Gasteiger partial charge in [0.2, 0.25) is 0 Å². The molecule has 4 rings (SSSR count). The molecule has 5 heteroatoms. The van der Waals surface area contributed by atoms with Gasteiger partial charge in [0, 0.05) is 31.7 Å². The van der Waals surface area contributed by atoms with Gasteiger partial charge in [-0.05, 0) is 64.5 Å². The molecule has 4 fully saturated rings. The summed E-state index contributed by atoms with van der Waals surface area (Å²) >= 11 is 0. The van der Waals surface area contributed by atoms with Crippen LogP contribution >= 0.6 is 0 Å². The molecule has 4 aliphatic rings. The van der Waals surface area contributed by atoms with Gasteiger partial charge in [0.15, 0.2) is 0 Å². The van der Waals surface area contributed by atoms with E-state index < -0.39 is 5.60 Å². The van der Waals surface area contributed by atoms with E-state index in [1.165, 1.54) is 32.5 Å². The summed E-state index contributed by atoms with van der Waals surface area (Å²) in [5.74, 6) is 2.18. The van der Waals surface area contributed by atoms with Crippen molar-refractivity contribution in [1.82, 2.24) is 15.1 Å². The third-order valence-corrected chi connectivity index (χ3v) is 5.89. The molecule has 3 saturated heterocycles. The van der Waals surface area contributed by atoms with Crippen LogP contribution < -0.4 is 5.32 Å². The van der Waals surface area contributed by atoms with Crippen molar-refractivity contribution in [3.05, 3.63) is 0 Å². The van der Waals surface area contributed by atoms with Gasteiger partial charge in [0.25, 0.3) is 0 Å². The first kappa shape index (κ1) is 14.8. The van der Waals surface area contributed by atoms with Crippen LogP contribution in [0.25, 0.3) is 0 Å². The molecule has 5 nitrogen and oxygen atoms in total. The third-order valence-electron chi connectivity index (χ3n) is 5.89. The fraction of sp³-hybridized carbons (Fsp3) is 0.941. The summed E-state index contributed by atoms with van der Waals surface area (Å²) in [6.07, 6.45) is 2.53. The van der Waals surface area contributed by atoms with E-state index in [1.807, 2.05) is 25.7 Å². The zero-order valence-electron chi connectivity index (χ0n) is 14.0. The van der Waals surface area contributed by atoms with Crippen LogP contribution in [0.3, 0.4) is 0 Å². The maximum Gasteiger partial charge on any atom is 0.410 e. The van der Waals surface area contributed by atoms with Gasteiger partial charge in [-0.3, -0.25) is 0 Å². The smallest absolute Gasteiger partial charge is 0.410 e. The number of hydrogen-bond acceptors (Lipinski definition) is 4. The first-order valence-corrected chi connectivity index (χ1v) is 8.87. The highest BCUT2D eigenvalue weighted by Gasteiger charge is 2.58. The van der Waals surface area contributed by atoms with Gasteiger partial charge in [-0.15, -0.1) is 0 Å². The van der Waals surface area contributed by atoms with Crippen LogP contribution in [-0.2, 0) is 4.74 Å². The van der Waals surface area contributed by atoms with E-state index in [9.17, 15) is 4.79 Å². The number of piperidine rings is 2. The molecule has 1 saturated carbocycles. The second-order valence-electron chi connectivity index (χ2n) is 8.65. The Morgan fingerprint density at radius 1 is 1.09 bits per heavy atom. The zero-order valence-corrected chi connectivity index (χ0v) is 14.0. The molecule has 0 radical (unpaired) electrons. The first-order chi connectivity index (χ1) is 10.4. The van der Waals surface area contributed by atoms with Gasteiger partial charge >= 0.3 is 6.09 Å². The van der Waals surface area contributed by atoms with Crippen LogP contribution in [0.1, 0.15) is 33.6 Å². The average molecular weight is 307 g/mol. The Hall–Kier alpha value is -0.810. The number of nitrogens with one attached hydrogen (secondary N) is 1. The molecule has 124 valence electrons. The van der Waals surface area contributed by atoms with Crippen LogP contribution in [0.5, 0.6) is 0 Å². The summed E-state index contributed by atoms with van der Waals surface area (Å²) < 4.78 is 5.48. The Morgan fingerprint density at radius 3 is 2.45 bits per heavy atom. The molecule has 2 bridgehead atoms. The van der Waals surface area contributed by atoms with E-state index in [2.05, 4.69) is 10.2 Å². The quantitative estimate of drug-likeness (QED) is 0.840. The van der Waals surface area contributed by atoms with Gasteiger partial charge in [-0.2, -0.15) is 0 Å². The normalized spacial score (nSPS) is 43.1. The lowest BCUT2D eigenvalue weighted by Gasteiger charge is -2.32. The van der Waals surface area contributed by atoms with Gasteiger partial charge in [0.05, 0.1) is 0 Å². The van der Waals surface area contributed by atoms with Crippen molar-refractivity contribution in [2.45, 2.75) is 51.3 Å². The summed E-state index contributed by atoms with van der Waals surface area (Å²) in [5, 5.41) is 3.92. The van der Waals surface area contributed by atoms with E-state index in [0.29, 0.717) is 23.9 Å². The van der Waals surface area contributed by atoms with E-state index >= 15 is 0 Å². The van der Waals surface area contributed by atoms with Gasteiger partial charge in [-0.25, -0.2) is 4.79 Å². The van der Waals surface area contributed by atoms with Crippen LogP contribution in [-0.4, -0.2) is 66.3 Å². The number of hydrogen-bond donors (Lipinski definition) is 1. The lowest BCUT2D eigenvalue weighted by atomic mass is 9.94. The molecule has 5 unspecified atom stereocenters. The minimum absolute atomic E-state index is 0.137. The molecule has 3 aliphatic heterocycles. The molecular weight excluding hydrogens is 278 g/mol. The number of rotatable bonds is 2. The Morgan fingerprint density at radius 2 is 1.77 bits per heavy atom. The number of amides is 1. The van der Waals surface area contributed by atoms with Crippen molar-refractivity contribution >= 4 is 6.09 Å². The predicted molar refractivity (Wildman–Crippen MR) is 84.7 cm³/mol. The molecule has 3 heterocycles. The average Bonchev–Trinajstić information content (AvgIpc) is 2.82. The van der Waals surface area contributed by atoms with Crippen molar-refractivity contribution < 1.29 is 9.53 Å².